The Hall–Kier alpha value is -3.41. The summed E-state index contributed by atoms with van der Waals surface area (Å²) in [6.45, 7) is 1.84. The van der Waals surface area contributed by atoms with Crippen LogP contribution in [0.4, 0.5) is 0 Å². The molecule has 0 unspecified atom stereocenters. The summed E-state index contributed by atoms with van der Waals surface area (Å²) in [6, 6.07) is 13.5. The zero-order valence-electron chi connectivity index (χ0n) is 14.7. The van der Waals surface area contributed by atoms with Gasteiger partial charge in [-0.2, -0.15) is 0 Å². The van der Waals surface area contributed by atoms with Crippen LogP contribution in [-0.2, 0) is 4.74 Å². The molecule has 2 heterocycles. The highest BCUT2D eigenvalue weighted by Gasteiger charge is 2.18. The highest BCUT2D eigenvalue weighted by atomic mass is 16.5. The highest BCUT2D eigenvalue weighted by Crippen LogP contribution is 2.32. The third-order valence-corrected chi connectivity index (χ3v) is 4.32. The van der Waals surface area contributed by atoms with Gasteiger partial charge in [0.1, 0.15) is 17.1 Å². The summed E-state index contributed by atoms with van der Waals surface area (Å²) in [5, 5.41) is 1.84. The van der Waals surface area contributed by atoms with E-state index in [2.05, 4.69) is 15.0 Å². The standard InChI is InChI=1S/C20H17N3O3/c1-11-21-16-10-18(25-2)14(20(24)26-3)9-13(16)19(22-11)17-8-12-6-4-5-7-15(12)23-17/h4-10,23H,1-3H3. The van der Waals surface area contributed by atoms with Crippen molar-refractivity contribution in [3.05, 3.63) is 53.9 Å². The molecule has 0 amide bonds. The molecule has 0 atom stereocenters. The topological polar surface area (TPSA) is 77.1 Å². The molecule has 1 N–H and O–H groups in total. The number of nitrogens with one attached hydrogen (secondary N) is 1. The van der Waals surface area contributed by atoms with E-state index in [1.54, 1.807) is 12.1 Å². The smallest absolute Gasteiger partial charge is 0.341 e. The Kier molecular flexibility index (Phi) is 3.80. The molecule has 0 aliphatic rings. The molecule has 2 aromatic carbocycles. The molecular weight excluding hydrogens is 330 g/mol. The normalized spacial score (nSPS) is 11.0. The zero-order valence-corrected chi connectivity index (χ0v) is 14.7. The van der Waals surface area contributed by atoms with Crippen molar-refractivity contribution in [1.29, 1.82) is 0 Å². The minimum atomic E-state index is -0.466. The predicted molar refractivity (Wildman–Crippen MR) is 99.5 cm³/mol. The lowest BCUT2D eigenvalue weighted by molar-refractivity contribution is 0.0597. The van der Waals surface area contributed by atoms with Crippen molar-refractivity contribution in [2.24, 2.45) is 0 Å². The van der Waals surface area contributed by atoms with Crippen molar-refractivity contribution < 1.29 is 14.3 Å². The van der Waals surface area contributed by atoms with Crippen LogP contribution >= 0.6 is 0 Å². The number of methoxy groups -OCH3 is 2. The van der Waals surface area contributed by atoms with Crippen LogP contribution in [0.2, 0.25) is 0 Å². The van der Waals surface area contributed by atoms with Gasteiger partial charge in [-0.3, -0.25) is 0 Å². The number of carbonyl (C=O) groups excluding carboxylic acids is 1. The van der Waals surface area contributed by atoms with Gasteiger partial charge in [0.05, 0.1) is 31.1 Å². The molecule has 0 fully saturated rings. The van der Waals surface area contributed by atoms with Crippen LogP contribution in [0, 0.1) is 6.92 Å². The molecule has 0 saturated heterocycles. The minimum absolute atomic E-state index is 0.340. The molecule has 2 aromatic heterocycles. The van der Waals surface area contributed by atoms with E-state index in [9.17, 15) is 4.79 Å². The Balaban J connectivity index is 2.03. The monoisotopic (exact) mass is 347 g/mol. The number of nitrogens with zero attached hydrogens (tertiary/aromatic N) is 2. The van der Waals surface area contributed by atoms with Crippen LogP contribution in [-0.4, -0.2) is 35.1 Å². The number of fused-ring (bicyclic) bond motifs is 2. The molecule has 6 heteroatoms. The number of benzene rings is 2. The summed E-state index contributed by atoms with van der Waals surface area (Å²) in [4.78, 5) is 24.6. The number of hydrogen-bond acceptors (Lipinski definition) is 5. The van der Waals surface area contributed by atoms with Crippen LogP contribution in [0.15, 0.2) is 42.5 Å². The summed E-state index contributed by atoms with van der Waals surface area (Å²) >= 11 is 0. The van der Waals surface area contributed by atoms with Gasteiger partial charge in [0.2, 0.25) is 0 Å². The maximum absolute atomic E-state index is 12.1. The van der Waals surface area contributed by atoms with Gasteiger partial charge in [-0.15, -0.1) is 0 Å². The number of rotatable bonds is 3. The molecule has 0 bridgehead atoms. The van der Waals surface area contributed by atoms with E-state index in [1.807, 2.05) is 37.3 Å². The molecular formula is C20H17N3O3. The summed E-state index contributed by atoms with van der Waals surface area (Å²) in [5.74, 6) is 0.594. The van der Waals surface area contributed by atoms with Crippen molar-refractivity contribution in [1.82, 2.24) is 15.0 Å². The van der Waals surface area contributed by atoms with E-state index < -0.39 is 5.97 Å². The van der Waals surface area contributed by atoms with E-state index >= 15 is 0 Å². The van der Waals surface area contributed by atoms with Gasteiger partial charge < -0.3 is 14.5 Å². The average Bonchev–Trinajstić information content (AvgIpc) is 3.09. The third-order valence-electron chi connectivity index (χ3n) is 4.32. The van der Waals surface area contributed by atoms with Crippen molar-refractivity contribution in [3.8, 4) is 17.1 Å². The number of aromatic nitrogens is 3. The molecule has 130 valence electrons. The summed E-state index contributed by atoms with van der Waals surface area (Å²) in [7, 11) is 2.86. The Morgan fingerprint density at radius 1 is 1.08 bits per heavy atom. The molecule has 0 radical (unpaired) electrons. The number of carbonyl (C=O) groups is 1. The molecule has 26 heavy (non-hydrogen) atoms. The number of para-hydroxylation sites is 1. The lowest BCUT2D eigenvalue weighted by Gasteiger charge is -2.11. The fourth-order valence-corrected chi connectivity index (χ4v) is 3.12. The molecule has 6 nitrogen and oxygen atoms in total. The highest BCUT2D eigenvalue weighted by molar-refractivity contribution is 6.02. The van der Waals surface area contributed by atoms with Gasteiger partial charge in [0.15, 0.2) is 0 Å². The first-order chi connectivity index (χ1) is 12.6. The van der Waals surface area contributed by atoms with Crippen molar-refractivity contribution >= 4 is 27.8 Å². The van der Waals surface area contributed by atoms with Gasteiger partial charge in [0, 0.05) is 22.4 Å². The second kappa shape index (κ2) is 6.15. The number of aromatic amines is 1. The minimum Gasteiger partial charge on any atom is -0.496 e. The SMILES string of the molecule is COC(=O)c1cc2c(-c3cc4ccccc4[nH]3)nc(C)nc2cc1OC. The molecule has 0 aliphatic heterocycles. The first-order valence-corrected chi connectivity index (χ1v) is 8.13. The first-order valence-electron chi connectivity index (χ1n) is 8.13. The molecule has 4 aromatic rings. The van der Waals surface area contributed by atoms with Crippen molar-refractivity contribution in [2.75, 3.05) is 14.2 Å². The molecule has 0 saturated carbocycles. The largest absolute Gasteiger partial charge is 0.496 e. The van der Waals surface area contributed by atoms with Crippen LogP contribution in [0.1, 0.15) is 16.2 Å². The van der Waals surface area contributed by atoms with Crippen LogP contribution in [0.25, 0.3) is 33.2 Å². The number of esters is 1. The van der Waals surface area contributed by atoms with E-state index in [1.165, 1.54) is 14.2 Å². The Bertz CT molecular complexity index is 1110. The maximum atomic E-state index is 12.1. The zero-order chi connectivity index (χ0) is 18.3. The van der Waals surface area contributed by atoms with Gasteiger partial charge in [-0.05, 0) is 25.1 Å². The molecule has 0 spiro atoms. The molecule has 4 rings (SSSR count). The van der Waals surface area contributed by atoms with Crippen LogP contribution in [0.5, 0.6) is 5.75 Å². The quantitative estimate of drug-likeness (QED) is 0.569. The fraction of sp³-hybridized carbons (Fsp3) is 0.150. The third kappa shape index (κ3) is 2.56. The predicted octanol–water partition coefficient (Wildman–Crippen LogP) is 3.88. The van der Waals surface area contributed by atoms with Crippen molar-refractivity contribution in [2.45, 2.75) is 6.92 Å². The summed E-state index contributed by atoms with van der Waals surface area (Å²) < 4.78 is 10.2. The maximum Gasteiger partial charge on any atom is 0.341 e. The number of aryl methyl sites for hydroxylation is 1. The Morgan fingerprint density at radius 2 is 1.88 bits per heavy atom. The Morgan fingerprint density at radius 3 is 2.62 bits per heavy atom. The summed E-state index contributed by atoms with van der Waals surface area (Å²) in [6.07, 6.45) is 0. The van der Waals surface area contributed by atoms with Crippen LogP contribution in [0.3, 0.4) is 0 Å². The second-order valence-corrected chi connectivity index (χ2v) is 5.95. The van der Waals surface area contributed by atoms with Gasteiger partial charge in [-0.25, -0.2) is 14.8 Å². The van der Waals surface area contributed by atoms with E-state index in [4.69, 9.17) is 9.47 Å². The van der Waals surface area contributed by atoms with E-state index in [0.29, 0.717) is 22.7 Å². The number of ether oxygens (including phenoxy) is 2. The van der Waals surface area contributed by atoms with Crippen LogP contribution < -0.4 is 4.74 Å². The number of H-pyrrole nitrogens is 1. The second-order valence-electron chi connectivity index (χ2n) is 5.95. The average molecular weight is 347 g/mol. The lowest BCUT2D eigenvalue weighted by Crippen LogP contribution is -2.05. The first kappa shape index (κ1) is 16.1. The van der Waals surface area contributed by atoms with Gasteiger partial charge in [-0.1, -0.05) is 18.2 Å². The molecule has 0 aliphatic carbocycles. The number of hydrogen-bond donors (Lipinski definition) is 1. The van der Waals surface area contributed by atoms with Gasteiger partial charge >= 0.3 is 5.97 Å². The van der Waals surface area contributed by atoms with E-state index in [0.717, 1.165) is 27.7 Å². The van der Waals surface area contributed by atoms with E-state index in [-0.39, 0.29) is 0 Å². The summed E-state index contributed by atoms with van der Waals surface area (Å²) in [5.41, 5.74) is 3.66. The fourth-order valence-electron chi connectivity index (χ4n) is 3.12. The van der Waals surface area contributed by atoms with Crippen molar-refractivity contribution in [3.63, 3.8) is 0 Å². The lowest BCUT2D eigenvalue weighted by atomic mass is 10.1. The van der Waals surface area contributed by atoms with Gasteiger partial charge in [0.25, 0.3) is 0 Å². The Labute approximate surface area is 149 Å².